The highest BCUT2D eigenvalue weighted by Gasteiger charge is 2.40. The highest BCUT2D eigenvalue weighted by molar-refractivity contribution is 5.78. The van der Waals surface area contributed by atoms with Crippen LogP contribution in [0.25, 0.3) is 0 Å². The summed E-state index contributed by atoms with van der Waals surface area (Å²) in [6.07, 6.45) is 1.25. The fourth-order valence-corrected chi connectivity index (χ4v) is 1.24. The van der Waals surface area contributed by atoms with Crippen LogP contribution in [0.1, 0.15) is 26.5 Å². The molecule has 4 heteroatoms. The number of hydrogen-bond acceptors (Lipinski definition) is 3. The molecular weight excluding hydrogens is 184 g/mol. The number of carboxylic acids is 1. The third-order valence-electron chi connectivity index (χ3n) is 1.87. The van der Waals surface area contributed by atoms with Crippen molar-refractivity contribution in [3.05, 3.63) is 24.2 Å². The molecule has 78 valence electrons. The zero-order valence-electron chi connectivity index (χ0n) is 8.48. The predicted molar refractivity (Wildman–Crippen MR) is 49.9 cm³/mol. The van der Waals surface area contributed by atoms with Crippen LogP contribution < -0.4 is 0 Å². The first-order chi connectivity index (χ1) is 6.47. The minimum atomic E-state index is -1.41. The Morgan fingerprint density at radius 2 is 2.29 bits per heavy atom. The van der Waals surface area contributed by atoms with E-state index in [2.05, 4.69) is 0 Å². The number of carboxylic acid groups (broad SMARTS) is 1. The monoisotopic (exact) mass is 198 g/mol. The molecule has 14 heavy (non-hydrogen) atoms. The molecule has 0 aliphatic rings. The molecule has 0 aliphatic carbocycles. The van der Waals surface area contributed by atoms with E-state index >= 15 is 0 Å². The molecule has 1 N–H and O–H groups in total. The van der Waals surface area contributed by atoms with E-state index in [4.69, 9.17) is 14.3 Å². The number of rotatable bonds is 4. The van der Waals surface area contributed by atoms with Crippen molar-refractivity contribution >= 4 is 5.97 Å². The Hall–Kier alpha value is -1.29. The van der Waals surface area contributed by atoms with Gasteiger partial charge in [-0.3, -0.25) is 0 Å². The van der Waals surface area contributed by atoms with Crippen molar-refractivity contribution in [2.45, 2.75) is 32.5 Å². The van der Waals surface area contributed by atoms with Gasteiger partial charge in [0.15, 0.2) is 0 Å². The molecule has 0 aromatic carbocycles. The third-order valence-corrected chi connectivity index (χ3v) is 1.87. The highest BCUT2D eigenvalue weighted by atomic mass is 16.5. The molecule has 0 bridgehead atoms. The molecule has 1 unspecified atom stereocenters. The molecule has 1 heterocycles. The minimum Gasteiger partial charge on any atom is -0.479 e. The van der Waals surface area contributed by atoms with Gasteiger partial charge in [-0.2, -0.15) is 0 Å². The Morgan fingerprint density at radius 1 is 1.64 bits per heavy atom. The van der Waals surface area contributed by atoms with Crippen molar-refractivity contribution in [2.24, 2.45) is 0 Å². The first-order valence-electron chi connectivity index (χ1n) is 4.42. The summed E-state index contributed by atoms with van der Waals surface area (Å²) < 4.78 is 10.4. The lowest BCUT2D eigenvalue weighted by molar-refractivity contribution is -0.173. The van der Waals surface area contributed by atoms with E-state index in [-0.39, 0.29) is 6.10 Å². The molecule has 0 aliphatic heterocycles. The molecule has 0 amide bonds. The average molecular weight is 198 g/mol. The Bertz CT molecular complexity index is 302. The van der Waals surface area contributed by atoms with Gasteiger partial charge in [-0.15, -0.1) is 0 Å². The predicted octanol–water partition coefficient (Wildman–Crippen LogP) is 2.00. The summed E-state index contributed by atoms with van der Waals surface area (Å²) in [7, 11) is 0. The van der Waals surface area contributed by atoms with Crippen molar-refractivity contribution in [3.8, 4) is 0 Å². The van der Waals surface area contributed by atoms with E-state index in [9.17, 15) is 4.79 Å². The SMILES string of the molecule is CC(C)OC(C)(C(=O)O)c1ccco1. The first kappa shape index (κ1) is 10.8. The van der Waals surface area contributed by atoms with E-state index in [0.717, 1.165) is 0 Å². The average Bonchev–Trinajstić information content (AvgIpc) is 2.53. The molecule has 0 saturated carbocycles. The zero-order valence-corrected chi connectivity index (χ0v) is 8.48. The molecule has 1 rings (SSSR count). The summed E-state index contributed by atoms with van der Waals surface area (Å²) in [5.74, 6) is -0.750. The summed E-state index contributed by atoms with van der Waals surface area (Å²) in [5.41, 5.74) is -1.41. The maximum atomic E-state index is 11.1. The quantitative estimate of drug-likeness (QED) is 0.803. The Kier molecular flexibility index (Phi) is 2.96. The van der Waals surface area contributed by atoms with Gasteiger partial charge in [0.1, 0.15) is 5.76 Å². The van der Waals surface area contributed by atoms with Gasteiger partial charge in [0.25, 0.3) is 0 Å². The first-order valence-corrected chi connectivity index (χ1v) is 4.42. The Labute approximate surface area is 82.5 Å². The summed E-state index contributed by atoms with van der Waals surface area (Å²) in [6, 6.07) is 3.23. The fraction of sp³-hybridized carbons (Fsp3) is 0.500. The van der Waals surface area contributed by atoms with Gasteiger partial charge in [-0.1, -0.05) is 0 Å². The molecule has 1 aromatic rings. The lowest BCUT2D eigenvalue weighted by atomic mass is 10.0. The smallest absolute Gasteiger partial charge is 0.343 e. The van der Waals surface area contributed by atoms with E-state index in [0.29, 0.717) is 5.76 Å². The minimum absolute atomic E-state index is 0.179. The Balaban J connectivity index is 2.99. The van der Waals surface area contributed by atoms with Gasteiger partial charge in [-0.25, -0.2) is 4.79 Å². The molecular formula is C10H14O4. The lowest BCUT2D eigenvalue weighted by Gasteiger charge is -2.25. The van der Waals surface area contributed by atoms with Crippen LogP contribution in [0.3, 0.4) is 0 Å². The number of furan rings is 1. The number of aliphatic carboxylic acids is 1. The topological polar surface area (TPSA) is 59.7 Å². The Morgan fingerprint density at radius 3 is 2.64 bits per heavy atom. The van der Waals surface area contributed by atoms with Crippen LogP contribution in [0.15, 0.2) is 22.8 Å². The second-order valence-electron chi connectivity index (χ2n) is 3.48. The van der Waals surface area contributed by atoms with Crippen LogP contribution in [0.4, 0.5) is 0 Å². The maximum absolute atomic E-state index is 11.1. The number of carbonyl (C=O) groups is 1. The van der Waals surface area contributed by atoms with Crippen LogP contribution in [0.2, 0.25) is 0 Å². The number of ether oxygens (including phenoxy) is 1. The maximum Gasteiger partial charge on any atom is 0.343 e. The summed E-state index contributed by atoms with van der Waals surface area (Å²) in [4.78, 5) is 11.1. The number of hydrogen-bond donors (Lipinski definition) is 1. The van der Waals surface area contributed by atoms with Crippen molar-refractivity contribution in [3.63, 3.8) is 0 Å². The van der Waals surface area contributed by atoms with Crippen LogP contribution in [0, 0.1) is 0 Å². The van der Waals surface area contributed by atoms with Crippen LogP contribution in [-0.4, -0.2) is 17.2 Å². The fourth-order valence-electron chi connectivity index (χ4n) is 1.24. The summed E-state index contributed by atoms with van der Waals surface area (Å²) in [5, 5.41) is 9.07. The normalized spacial score (nSPS) is 15.4. The third kappa shape index (κ3) is 1.96. The second-order valence-corrected chi connectivity index (χ2v) is 3.48. The zero-order chi connectivity index (χ0) is 10.8. The largest absolute Gasteiger partial charge is 0.479 e. The molecule has 4 nitrogen and oxygen atoms in total. The van der Waals surface area contributed by atoms with Gasteiger partial charge >= 0.3 is 5.97 Å². The van der Waals surface area contributed by atoms with Crippen molar-refractivity contribution in [2.75, 3.05) is 0 Å². The van der Waals surface area contributed by atoms with Gasteiger partial charge < -0.3 is 14.3 Å². The van der Waals surface area contributed by atoms with Gasteiger partial charge in [0, 0.05) is 0 Å². The molecule has 0 spiro atoms. The standard InChI is InChI=1S/C10H14O4/c1-7(2)14-10(3,9(11)12)8-5-4-6-13-8/h4-7H,1-3H3,(H,11,12). The van der Waals surface area contributed by atoms with Crippen molar-refractivity contribution < 1.29 is 19.1 Å². The van der Waals surface area contributed by atoms with Crippen LogP contribution in [-0.2, 0) is 15.1 Å². The highest BCUT2D eigenvalue weighted by Crippen LogP contribution is 2.27. The molecule has 1 aromatic heterocycles. The van der Waals surface area contributed by atoms with E-state index < -0.39 is 11.6 Å². The summed E-state index contributed by atoms with van der Waals surface area (Å²) in [6.45, 7) is 5.04. The van der Waals surface area contributed by atoms with Crippen molar-refractivity contribution in [1.29, 1.82) is 0 Å². The van der Waals surface area contributed by atoms with Gasteiger partial charge in [0.05, 0.1) is 12.4 Å². The molecule has 1 atom stereocenters. The van der Waals surface area contributed by atoms with E-state index in [1.165, 1.54) is 13.2 Å². The van der Waals surface area contributed by atoms with Crippen LogP contribution in [0.5, 0.6) is 0 Å². The van der Waals surface area contributed by atoms with E-state index in [1.807, 2.05) is 0 Å². The molecule has 0 saturated heterocycles. The second kappa shape index (κ2) is 3.84. The molecule has 0 fully saturated rings. The van der Waals surface area contributed by atoms with Crippen molar-refractivity contribution in [1.82, 2.24) is 0 Å². The van der Waals surface area contributed by atoms with E-state index in [1.54, 1.807) is 26.0 Å². The lowest BCUT2D eigenvalue weighted by Crippen LogP contribution is -2.37. The summed E-state index contributed by atoms with van der Waals surface area (Å²) >= 11 is 0. The van der Waals surface area contributed by atoms with Gasteiger partial charge in [-0.05, 0) is 32.9 Å². The van der Waals surface area contributed by atoms with Gasteiger partial charge in [0.2, 0.25) is 5.60 Å². The molecule has 0 radical (unpaired) electrons. The van der Waals surface area contributed by atoms with Crippen LogP contribution >= 0.6 is 0 Å².